The average molecular weight is 209 g/mol. The Kier molecular flexibility index (Phi) is 3.78. The zero-order valence-corrected chi connectivity index (χ0v) is 10.2. The van der Waals surface area contributed by atoms with Gasteiger partial charge >= 0.3 is 0 Å². The van der Waals surface area contributed by atoms with E-state index in [2.05, 4.69) is 19.9 Å². The lowest BCUT2D eigenvalue weighted by Crippen LogP contribution is -2.47. The second kappa shape index (κ2) is 4.53. The maximum absolute atomic E-state index is 10.5. The Morgan fingerprint density at radius 3 is 2.73 bits per heavy atom. The monoisotopic (exact) mass is 209 g/mol. The van der Waals surface area contributed by atoms with E-state index in [1.807, 2.05) is 6.92 Å². The maximum Gasteiger partial charge on any atom is 0.0860 e. The molecule has 0 amide bonds. The van der Waals surface area contributed by atoms with Crippen molar-refractivity contribution in [2.75, 3.05) is 0 Å². The molecule has 0 aliphatic heterocycles. The van der Waals surface area contributed by atoms with Gasteiger partial charge in [0.1, 0.15) is 0 Å². The summed E-state index contributed by atoms with van der Waals surface area (Å²) in [6.07, 6.45) is 5.66. The summed E-state index contributed by atoms with van der Waals surface area (Å²) < 4.78 is 0. The van der Waals surface area contributed by atoms with Crippen LogP contribution in [0.3, 0.4) is 0 Å². The van der Waals surface area contributed by atoms with Gasteiger partial charge in [-0.25, -0.2) is 0 Å². The standard InChI is InChI=1S/C13H23NO/c1-4-7-12(3,15)13(10-14)8-5-6-11(2)9-13/h11,15H,4-9H2,1-3H3. The van der Waals surface area contributed by atoms with Crippen LogP contribution >= 0.6 is 0 Å². The first kappa shape index (κ1) is 12.5. The molecule has 0 heterocycles. The van der Waals surface area contributed by atoms with Crippen molar-refractivity contribution in [1.82, 2.24) is 0 Å². The van der Waals surface area contributed by atoms with Gasteiger partial charge in [0.2, 0.25) is 0 Å². The van der Waals surface area contributed by atoms with Crippen molar-refractivity contribution in [1.29, 1.82) is 5.26 Å². The van der Waals surface area contributed by atoms with Crippen LogP contribution in [0.4, 0.5) is 0 Å². The summed E-state index contributed by atoms with van der Waals surface area (Å²) in [6, 6.07) is 2.42. The van der Waals surface area contributed by atoms with Crippen molar-refractivity contribution in [2.24, 2.45) is 11.3 Å². The molecule has 15 heavy (non-hydrogen) atoms. The molecule has 1 saturated carbocycles. The van der Waals surface area contributed by atoms with Crippen LogP contribution in [0.1, 0.15) is 59.3 Å². The molecule has 2 heteroatoms. The third-order valence-electron chi connectivity index (χ3n) is 3.98. The zero-order chi connectivity index (χ0) is 11.5. The first-order valence-corrected chi connectivity index (χ1v) is 6.11. The van der Waals surface area contributed by atoms with E-state index in [-0.39, 0.29) is 0 Å². The van der Waals surface area contributed by atoms with Gasteiger partial charge in [0, 0.05) is 0 Å². The molecule has 0 saturated heterocycles. The summed E-state index contributed by atoms with van der Waals surface area (Å²) in [6.45, 7) is 6.09. The van der Waals surface area contributed by atoms with Crippen LogP contribution in [0.5, 0.6) is 0 Å². The highest BCUT2D eigenvalue weighted by molar-refractivity contribution is 5.11. The minimum absolute atomic E-state index is 0.499. The summed E-state index contributed by atoms with van der Waals surface area (Å²) in [5, 5.41) is 19.9. The fourth-order valence-corrected chi connectivity index (χ4v) is 2.99. The van der Waals surface area contributed by atoms with Crippen molar-refractivity contribution < 1.29 is 5.11 Å². The normalized spacial score (nSPS) is 35.5. The van der Waals surface area contributed by atoms with Gasteiger partial charge in [0.15, 0.2) is 0 Å². The van der Waals surface area contributed by atoms with Gasteiger partial charge in [-0.1, -0.05) is 33.1 Å². The van der Waals surface area contributed by atoms with E-state index in [0.717, 1.165) is 32.1 Å². The Morgan fingerprint density at radius 1 is 1.60 bits per heavy atom. The van der Waals surface area contributed by atoms with Gasteiger partial charge in [-0.2, -0.15) is 5.26 Å². The minimum atomic E-state index is -0.814. The van der Waals surface area contributed by atoms with E-state index in [1.165, 1.54) is 6.42 Å². The van der Waals surface area contributed by atoms with Crippen LogP contribution in [-0.2, 0) is 0 Å². The van der Waals surface area contributed by atoms with E-state index in [9.17, 15) is 10.4 Å². The molecule has 86 valence electrons. The Morgan fingerprint density at radius 2 is 2.27 bits per heavy atom. The third-order valence-corrected chi connectivity index (χ3v) is 3.98. The number of nitriles is 1. The topological polar surface area (TPSA) is 44.0 Å². The Bertz CT molecular complexity index is 254. The van der Waals surface area contributed by atoms with Crippen LogP contribution < -0.4 is 0 Å². The Labute approximate surface area is 93.3 Å². The van der Waals surface area contributed by atoms with Gasteiger partial charge in [0.05, 0.1) is 17.1 Å². The highest BCUT2D eigenvalue weighted by Gasteiger charge is 2.48. The number of nitrogens with zero attached hydrogens (tertiary/aromatic N) is 1. The Hall–Kier alpha value is -0.550. The van der Waals surface area contributed by atoms with Gasteiger partial charge in [-0.3, -0.25) is 0 Å². The molecule has 1 rings (SSSR count). The van der Waals surface area contributed by atoms with E-state index in [4.69, 9.17) is 0 Å². The summed E-state index contributed by atoms with van der Waals surface area (Å²) in [5.41, 5.74) is -1.31. The lowest BCUT2D eigenvalue weighted by atomic mass is 9.61. The molecule has 0 spiro atoms. The lowest BCUT2D eigenvalue weighted by molar-refractivity contribution is -0.0721. The van der Waals surface area contributed by atoms with Crippen LogP contribution in [0.25, 0.3) is 0 Å². The van der Waals surface area contributed by atoms with Crippen molar-refractivity contribution in [3.8, 4) is 6.07 Å². The SMILES string of the molecule is CCCC(C)(O)C1(C#N)CCCC(C)C1. The van der Waals surface area contributed by atoms with Gasteiger partial charge < -0.3 is 5.11 Å². The average Bonchev–Trinajstić information content (AvgIpc) is 2.17. The molecule has 2 nitrogen and oxygen atoms in total. The van der Waals surface area contributed by atoms with Crippen LogP contribution in [-0.4, -0.2) is 10.7 Å². The first-order valence-electron chi connectivity index (χ1n) is 6.11. The molecule has 1 aliphatic carbocycles. The fraction of sp³-hybridized carbons (Fsp3) is 0.923. The van der Waals surface area contributed by atoms with E-state index in [1.54, 1.807) is 0 Å². The van der Waals surface area contributed by atoms with Gasteiger partial charge in [0.25, 0.3) is 0 Å². The van der Waals surface area contributed by atoms with Crippen molar-refractivity contribution in [2.45, 2.75) is 64.9 Å². The van der Waals surface area contributed by atoms with Crippen molar-refractivity contribution in [3.63, 3.8) is 0 Å². The minimum Gasteiger partial charge on any atom is -0.389 e. The molecule has 0 aromatic carbocycles. The largest absolute Gasteiger partial charge is 0.389 e. The highest BCUT2D eigenvalue weighted by atomic mass is 16.3. The predicted octanol–water partition coefficient (Wildman–Crippen LogP) is 3.26. The zero-order valence-electron chi connectivity index (χ0n) is 10.2. The molecular formula is C13H23NO. The van der Waals surface area contributed by atoms with Gasteiger partial charge in [-0.15, -0.1) is 0 Å². The lowest BCUT2D eigenvalue weighted by Gasteiger charge is -2.44. The molecule has 1 aliphatic rings. The van der Waals surface area contributed by atoms with Crippen LogP contribution in [0.15, 0.2) is 0 Å². The van der Waals surface area contributed by atoms with E-state index >= 15 is 0 Å². The van der Waals surface area contributed by atoms with Crippen molar-refractivity contribution in [3.05, 3.63) is 0 Å². The number of aliphatic hydroxyl groups is 1. The second-order valence-corrected chi connectivity index (χ2v) is 5.42. The molecule has 0 aromatic rings. The first-order chi connectivity index (χ1) is 6.97. The quantitative estimate of drug-likeness (QED) is 0.775. The van der Waals surface area contributed by atoms with Crippen LogP contribution in [0, 0.1) is 22.7 Å². The number of hydrogen-bond acceptors (Lipinski definition) is 2. The second-order valence-electron chi connectivity index (χ2n) is 5.42. The molecular weight excluding hydrogens is 186 g/mol. The molecule has 3 atom stereocenters. The van der Waals surface area contributed by atoms with Gasteiger partial charge in [-0.05, 0) is 32.1 Å². The van der Waals surface area contributed by atoms with E-state index in [0.29, 0.717) is 5.92 Å². The molecule has 0 radical (unpaired) electrons. The molecule has 1 fully saturated rings. The van der Waals surface area contributed by atoms with Crippen molar-refractivity contribution >= 4 is 0 Å². The number of hydrogen-bond donors (Lipinski definition) is 1. The predicted molar refractivity (Wildman–Crippen MR) is 61.2 cm³/mol. The molecule has 3 unspecified atom stereocenters. The highest BCUT2D eigenvalue weighted by Crippen LogP contribution is 2.48. The molecule has 1 N–H and O–H groups in total. The number of rotatable bonds is 3. The molecule has 0 aromatic heterocycles. The summed E-state index contributed by atoms with van der Waals surface area (Å²) in [4.78, 5) is 0. The van der Waals surface area contributed by atoms with E-state index < -0.39 is 11.0 Å². The smallest absolute Gasteiger partial charge is 0.0860 e. The summed E-state index contributed by atoms with van der Waals surface area (Å²) in [5.74, 6) is 0.571. The Balaban J connectivity index is 2.89. The summed E-state index contributed by atoms with van der Waals surface area (Å²) in [7, 11) is 0. The third kappa shape index (κ3) is 2.34. The summed E-state index contributed by atoms with van der Waals surface area (Å²) >= 11 is 0. The van der Waals surface area contributed by atoms with Crippen LogP contribution in [0.2, 0.25) is 0 Å². The fourth-order valence-electron chi connectivity index (χ4n) is 2.99. The maximum atomic E-state index is 10.5. The molecule has 0 bridgehead atoms.